The molecule has 1 saturated heterocycles. The average Bonchev–Trinajstić information content (AvgIpc) is 3.15. The number of fused-ring (bicyclic) bond motifs is 1. The van der Waals surface area contributed by atoms with Crippen LogP contribution in [-0.4, -0.2) is 32.3 Å². The fourth-order valence-electron chi connectivity index (χ4n) is 3.10. The Morgan fingerprint density at radius 2 is 2.14 bits per heavy atom. The summed E-state index contributed by atoms with van der Waals surface area (Å²) < 4.78 is 1.53. The molecule has 1 unspecified atom stereocenters. The van der Waals surface area contributed by atoms with Crippen molar-refractivity contribution in [2.24, 2.45) is 0 Å². The Morgan fingerprint density at radius 3 is 3.00 bits per heavy atom. The van der Waals surface area contributed by atoms with Gasteiger partial charge in [0.25, 0.3) is 5.56 Å². The zero-order valence-electron chi connectivity index (χ0n) is 12.1. The van der Waals surface area contributed by atoms with Crippen LogP contribution in [0.3, 0.4) is 0 Å². The van der Waals surface area contributed by atoms with Gasteiger partial charge in [0.15, 0.2) is 0 Å². The Hall–Kier alpha value is -2.63. The second-order valence-corrected chi connectivity index (χ2v) is 5.61. The molecule has 3 heterocycles. The summed E-state index contributed by atoms with van der Waals surface area (Å²) in [5.41, 5.74) is 1.95. The molecule has 2 aromatic heterocycles. The molecular weight excluding hydrogens is 278 g/mol. The van der Waals surface area contributed by atoms with Gasteiger partial charge in [-0.05, 0) is 31.0 Å². The van der Waals surface area contributed by atoms with Crippen LogP contribution in [0.4, 0.5) is 5.95 Å². The summed E-state index contributed by atoms with van der Waals surface area (Å²) in [6.45, 7) is 1.54. The number of hydrogen-bond acceptors (Lipinski definition) is 4. The minimum absolute atomic E-state index is 0.0565. The van der Waals surface area contributed by atoms with Gasteiger partial charge in [0.2, 0.25) is 5.95 Å². The Balaban J connectivity index is 1.63. The first-order valence-electron chi connectivity index (χ1n) is 7.55. The van der Waals surface area contributed by atoms with Gasteiger partial charge >= 0.3 is 0 Å². The van der Waals surface area contributed by atoms with Crippen molar-refractivity contribution in [2.75, 3.05) is 11.4 Å². The number of H-pyrrole nitrogens is 1. The fourth-order valence-corrected chi connectivity index (χ4v) is 3.10. The molecular formula is C16H17N5O. The van der Waals surface area contributed by atoms with Crippen LogP contribution in [0.1, 0.15) is 12.8 Å². The maximum atomic E-state index is 11.8. The van der Waals surface area contributed by atoms with Gasteiger partial charge in [-0.3, -0.25) is 4.79 Å². The summed E-state index contributed by atoms with van der Waals surface area (Å²) in [6.07, 6.45) is 3.80. The van der Waals surface area contributed by atoms with Gasteiger partial charge in [-0.25, -0.2) is 9.67 Å². The van der Waals surface area contributed by atoms with Crippen LogP contribution in [0.25, 0.3) is 11.0 Å². The molecule has 0 saturated carbocycles. The van der Waals surface area contributed by atoms with Gasteiger partial charge in [-0.2, -0.15) is 5.10 Å². The number of benzene rings is 1. The van der Waals surface area contributed by atoms with Crippen molar-refractivity contribution in [1.82, 2.24) is 19.7 Å². The second-order valence-electron chi connectivity index (χ2n) is 5.61. The first-order chi connectivity index (χ1) is 10.8. The first-order valence-corrected chi connectivity index (χ1v) is 7.55. The third kappa shape index (κ3) is 2.26. The van der Waals surface area contributed by atoms with Gasteiger partial charge in [0.05, 0.1) is 23.6 Å². The molecule has 4 rings (SSSR count). The van der Waals surface area contributed by atoms with E-state index in [-0.39, 0.29) is 11.6 Å². The normalized spacial score (nSPS) is 18.2. The lowest BCUT2D eigenvalue weighted by atomic mass is 10.2. The van der Waals surface area contributed by atoms with Crippen LogP contribution in [0.2, 0.25) is 0 Å². The summed E-state index contributed by atoms with van der Waals surface area (Å²) in [6, 6.07) is 11.5. The summed E-state index contributed by atoms with van der Waals surface area (Å²) in [5, 5.41) is 4.16. The quantitative estimate of drug-likeness (QED) is 0.800. The third-order valence-corrected chi connectivity index (χ3v) is 4.20. The van der Waals surface area contributed by atoms with Crippen molar-refractivity contribution < 1.29 is 0 Å². The highest BCUT2D eigenvalue weighted by Crippen LogP contribution is 2.25. The largest absolute Gasteiger partial charge is 0.338 e. The predicted molar refractivity (Wildman–Crippen MR) is 85.0 cm³/mol. The molecule has 1 aliphatic heterocycles. The standard InChI is InChI=1S/C16H17N5O/c22-15-8-3-9-17-21(15)11-12-5-4-10-20(12)16-18-13-6-1-2-7-14(13)19-16/h1-3,6-9,12H,4-5,10-11H2,(H,18,19). The predicted octanol–water partition coefficient (Wildman–Crippen LogP) is 1.79. The first kappa shape index (κ1) is 13.1. The van der Waals surface area contributed by atoms with E-state index in [2.05, 4.69) is 20.0 Å². The fraction of sp³-hybridized carbons (Fsp3) is 0.312. The molecule has 1 atom stereocenters. The summed E-state index contributed by atoms with van der Waals surface area (Å²) in [7, 11) is 0. The molecule has 1 aliphatic rings. The number of aromatic amines is 1. The van der Waals surface area contributed by atoms with Gasteiger partial charge < -0.3 is 9.88 Å². The van der Waals surface area contributed by atoms with E-state index >= 15 is 0 Å². The molecule has 1 aromatic carbocycles. The molecule has 6 nitrogen and oxygen atoms in total. The summed E-state index contributed by atoms with van der Waals surface area (Å²) >= 11 is 0. The van der Waals surface area contributed by atoms with Crippen LogP contribution in [0, 0.1) is 0 Å². The molecule has 22 heavy (non-hydrogen) atoms. The van der Waals surface area contributed by atoms with Crippen LogP contribution in [0.5, 0.6) is 0 Å². The van der Waals surface area contributed by atoms with Crippen molar-refractivity contribution in [2.45, 2.75) is 25.4 Å². The van der Waals surface area contributed by atoms with Crippen molar-refractivity contribution in [3.8, 4) is 0 Å². The molecule has 3 aromatic rings. The molecule has 0 bridgehead atoms. The zero-order valence-corrected chi connectivity index (χ0v) is 12.1. The third-order valence-electron chi connectivity index (χ3n) is 4.20. The number of aromatic nitrogens is 4. The van der Waals surface area contributed by atoms with E-state index in [0.717, 1.165) is 36.4 Å². The highest BCUT2D eigenvalue weighted by molar-refractivity contribution is 5.77. The average molecular weight is 295 g/mol. The topological polar surface area (TPSA) is 66.8 Å². The number of hydrogen-bond donors (Lipinski definition) is 1. The van der Waals surface area contributed by atoms with E-state index < -0.39 is 0 Å². The summed E-state index contributed by atoms with van der Waals surface area (Å²) in [5.74, 6) is 0.882. The Morgan fingerprint density at radius 1 is 1.23 bits per heavy atom. The van der Waals surface area contributed by atoms with Crippen molar-refractivity contribution in [1.29, 1.82) is 0 Å². The molecule has 112 valence electrons. The maximum Gasteiger partial charge on any atom is 0.266 e. The molecule has 0 spiro atoms. The number of rotatable bonds is 3. The molecule has 0 amide bonds. The number of nitrogens with one attached hydrogen (secondary N) is 1. The van der Waals surface area contributed by atoms with Crippen LogP contribution >= 0.6 is 0 Å². The van der Waals surface area contributed by atoms with Gasteiger partial charge in [-0.1, -0.05) is 12.1 Å². The van der Waals surface area contributed by atoms with E-state index in [1.54, 1.807) is 18.3 Å². The van der Waals surface area contributed by atoms with Gasteiger partial charge in [0, 0.05) is 18.8 Å². The van der Waals surface area contributed by atoms with Gasteiger partial charge in [0.1, 0.15) is 0 Å². The van der Waals surface area contributed by atoms with Crippen LogP contribution in [-0.2, 0) is 6.54 Å². The Labute approximate surface area is 127 Å². The molecule has 1 fully saturated rings. The lowest BCUT2D eigenvalue weighted by molar-refractivity contribution is 0.486. The van der Waals surface area contributed by atoms with E-state index in [4.69, 9.17) is 0 Å². The van der Waals surface area contributed by atoms with E-state index in [0.29, 0.717) is 6.54 Å². The van der Waals surface area contributed by atoms with Crippen LogP contribution in [0.15, 0.2) is 47.4 Å². The highest BCUT2D eigenvalue weighted by Gasteiger charge is 2.27. The molecule has 1 N–H and O–H groups in total. The second kappa shape index (κ2) is 5.29. The van der Waals surface area contributed by atoms with Crippen LogP contribution < -0.4 is 10.5 Å². The Bertz CT molecular complexity index is 820. The molecule has 0 radical (unpaired) electrons. The van der Waals surface area contributed by atoms with E-state index in [9.17, 15) is 4.79 Å². The number of nitrogens with zero attached hydrogens (tertiary/aromatic N) is 4. The van der Waals surface area contributed by atoms with Gasteiger partial charge in [-0.15, -0.1) is 0 Å². The van der Waals surface area contributed by atoms with Crippen molar-refractivity contribution in [3.05, 3.63) is 52.9 Å². The smallest absolute Gasteiger partial charge is 0.266 e. The highest BCUT2D eigenvalue weighted by atomic mass is 16.1. The van der Waals surface area contributed by atoms with Crippen molar-refractivity contribution >= 4 is 17.0 Å². The molecule has 0 aliphatic carbocycles. The number of anilines is 1. The molecule has 6 heteroatoms. The van der Waals surface area contributed by atoms with E-state index in [1.807, 2.05) is 24.3 Å². The SMILES string of the molecule is O=c1cccnn1CC1CCCN1c1nc2ccccc2[nH]1. The minimum Gasteiger partial charge on any atom is -0.338 e. The lowest BCUT2D eigenvalue weighted by Crippen LogP contribution is -2.37. The number of imidazole rings is 1. The lowest BCUT2D eigenvalue weighted by Gasteiger charge is -2.24. The summed E-state index contributed by atoms with van der Waals surface area (Å²) in [4.78, 5) is 22.1. The van der Waals surface area contributed by atoms with Crippen molar-refractivity contribution in [3.63, 3.8) is 0 Å². The number of para-hydroxylation sites is 2. The zero-order chi connectivity index (χ0) is 14.9. The minimum atomic E-state index is -0.0565. The van der Waals surface area contributed by atoms with E-state index in [1.165, 1.54) is 4.68 Å². The monoisotopic (exact) mass is 295 g/mol. The maximum absolute atomic E-state index is 11.8. The Kier molecular flexibility index (Phi) is 3.14.